The van der Waals surface area contributed by atoms with E-state index in [4.69, 9.17) is 14.7 Å². The molecular weight excluding hydrogens is 601 g/mol. The van der Waals surface area contributed by atoms with Gasteiger partial charge in [0.15, 0.2) is 0 Å². The summed E-state index contributed by atoms with van der Waals surface area (Å²) in [6.07, 6.45) is 5.19. The molecule has 0 bridgehead atoms. The lowest BCUT2D eigenvalue weighted by Gasteiger charge is -2.27. The fourth-order valence-electron chi connectivity index (χ4n) is 4.23. The van der Waals surface area contributed by atoms with Crippen LogP contribution in [0.4, 0.5) is 26.0 Å². The van der Waals surface area contributed by atoms with Crippen molar-refractivity contribution >= 4 is 52.9 Å². The Labute approximate surface area is 265 Å². The molecule has 1 aliphatic rings. The van der Waals surface area contributed by atoms with Crippen LogP contribution in [0.2, 0.25) is 0 Å². The maximum atomic E-state index is 14.1. The Morgan fingerprint density at radius 3 is 2.55 bits per heavy atom. The first-order chi connectivity index (χ1) is 21.5. The van der Waals surface area contributed by atoms with Crippen LogP contribution in [0.15, 0.2) is 88.0 Å². The van der Waals surface area contributed by atoms with E-state index in [0.29, 0.717) is 31.3 Å². The number of aryl methyl sites for hydroxylation is 1. The number of anilines is 3. The molecule has 2 aromatic heterocycles. The molecule has 44 heavy (non-hydrogen) atoms. The molecule has 2 N–H and O–H groups in total. The van der Waals surface area contributed by atoms with Gasteiger partial charge in [-0.1, -0.05) is 32.0 Å². The highest BCUT2D eigenvalue weighted by molar-refractivity contribution is 8.00. The molecule has 0 spiro atoms. The van der Waals surface area contributed by atoms with Crippen LogP contribution in [-0.2, 0) is 4.74 Å². The smallest absolute Gasteiger partial charge is 0.141 e. The average Bonchev–Trinajstić information content (AvgIpc) is 3.45. The summed E-state index contributed by atoms with van der Waals surface area (Å²) in [6.45, 7) is 12.9. The van der Waals surface area contributed by atoms with E-state index in [2.05, 4.69) is 31.6 Å². The molecule has 3 heterocycles. The second-order valence-electron chi connectivity index (χ2n) is 9.13. The molecule has 1 fully saturated rings. The highest BCUT2D eigenvalue weighted by Gasteiger charge is 2.17. The highest BCUT2D eigenvalue weighted by Crippen LogP contribution is 2.33. The first kappa shape index (κ1) is 32.8. The number of nitrogens with one attached hydrogen (secondary N) is 2. The van der Waals surface area contributed by atoms with Gasteiger partial charge in [-0.05, 0) is 68.1 Å². The Bertz CT molecular complexity index is 1570. The fourth-order valence-corrected chi connectivity index (χ4v) is 5.83. The number of aliphatic imine (C=N–C) groups is 2. The van der Waals surface area contributed by atoms with Gasteiger partial charge in [0.25, 0.3) is 0 Å². The Morgan fingerprint density at radius 2 is 1.84 bits per heavy atom. The fraction of sp³-hybridized carbons (Fsp3) is 0.250. The summed E-state index contributed by atoms with van der Waals surface area (Å²) in [7, 11) is 0. The van der Waals surface area contributed by atoms with E-state index in [0.717, 1.165) is 57.7 Å². The van der Waals surface area contributed by atoms with Crippen molar-refractivity contribution in [2.24, 2.45) is 9.98 Å². The summed E-state index contributed by atoms with van der Waals surface area (Å²) < 4.78 is 36.6. The minimum Gasteiger partial charge on any atom is -0.378 e. The maximum absolute atomic E-state index is 14.1. The van der Waals surface area contributed by atoms with Crippen molar-refractivity contribution in [2.75, 3.05) is 47.9 Å². The van der Waals surface area contributed by atoms with Crippen LogP contribution in [0.5, 0.6) is 0 Å². The molecule has 0 aliphatic carbocycles. The van der Waals surface area contributed by atoms with Crippen LogP contribution in [-0.4, -0.2) is 55.4 Å². The minimum absolute atomic E-state index is 0.0944. The zero-order valence-corrected chi connectivity index (χ0v) is 26.5. The number of aromatic nitrogens is 2. The minimum atomic E-state index is -0.623. The normalized spacial score (nSPS) is 13.4. The van der Waals surface area contributed by atoms with Crippen molar-refractivity contribution in [1.82, 2.24) is 9.97 Å². The molecule has 0 unspecified atom stereocenters. The van der Waals surface area contributed by atoms with Gasteiger partial charge in [-0.3, -0.25) is 9.98 Å². The van der Waals surface area contributed by atoms with Gasteiger partial charge in [0.05, 0.1) is 51.3 Å². The SMILES string of the molecule is C=N/C=C\C(=N/CNc1ccc(N2CCOCC2)nc1)c1sc(C)nc1-c1cccc(NSc2c(F)cccc2F)c1.CC. The van der Waals surface area contributed by atoms with E-state index in [1.165, 1.54) is 29.5 Å². The molecule has 230 valence electrons. The molecule has 0 amide bonds. The lowest BCUT2D eigenvalue weighted by atomic mass is 10.1. The lowest BCUT2D eigenvalue weighted by molar-refractivity contribution is 0.122. The van der Waals surface area contributed by atoms with Crippen LogP contribution >= 0.6 is 23.3 Å². The summed E-state index contributed by atoms with van der Waals surface area (Å²) in [6, 6.07) is 15.3. The molecule has 2 aromatic carbocycles. The Hall–Kier alpha value is -4.13. The number of benzene rings is 2. The molecule has 0 atom stereocenters. The van der Waals surface area contributed by atoms with Crippen molar-refractivity contribution in [3.63, 3.8) is 0 Å². The highest BCUT2D eigenvalue weighted by atomic mass is 32.2. The number of pyridine rings is 1. The second-order valence-corrected chi connectivity index (χ2v) is 11.1. The third-order valence-corrected chi connectivity index (χ3v) is 8.17. The van der Waals surface area contributed by atoms with E-state index in [-0.39, 0.29) is 4.90 Å². The average molecular weight is 636 g/mol. The van der Waals surface area contributed by atoms with Gasteiger partial charge in [0.2, 0.25) is 0 Å². The maximum Gasteiger partial charge on any atom is 0.141 e. The first-order valence-electron chi connectivity index (χ1n) is 14.2. The van der Waals surface area contributed by atoms with Gasteiger partial charge in [-0.15, -0.1) is 11.3 Å². The lowest BCUT2D eigenvalue weighted by Crippen LogP contribution is -2.36. The standard InChI is InChI=1S/C30H29F2N7OS2.C2H6/c1-20-37-28(21-5-3-6-22(17-21)38-42-29-24(31)7-4-8-25(29)32)30(41-20)26(11-12-33-2)36-19-35-23-9-10-27(34-18-23)39-13-15-40-16-14-39;1-2/h3-12,17-18,35,38H,2,13-16,19H2,1H3;1-2H3/b12-11-,36-26+;. The van der Waals surface area contributed by atoms with Gasteiger partial charge in [0, 0.05) is 30.5 Å². The number of nitrogens with zero attached hydrogens (tertiary/aromatic N) is 5. The van der Waals surface area contributed by atoms with Crippen molar-refractivity contribution in [3.05, 3.63) is 94.6 Å². The van der Waals surface area contributed by atoms with Gasteiger partial charge in [0.1, 0.15) is 24.1 Å². The Kier molecular flexibility index (Phi) is 12.4. The van der Waals surface area contributed by atoms with Crippen molar-refractivity contribution < 1.29 is 13.5 Å². The number of morpholine rings is 1. The largest absolute Gasteiger partial charge is 0.378 e. The number of allylic oxidation sites excluding steroid dienone is 1. The molecule has 4 aromatic rings. The van der Waals surface area contributed by atoms with Crippen molar-refractivity contribution in [3.8, 4) is 11.3 Å². The van der Waals surface area contributed by atoms with Gasteiger partial charge >= 0.3 is 0 Å². The molecule has 5 rings (SSSR count). The summed E-state index contributed by atoms with van der Waals surface area (Å²) in [4.78, 5) is 21.0. The number of ether oxygens (including phenoxy) is 1. The van der Waals surface area contributed by atoms with Crippen molar-refractivity contribution in [2.45, 2.75) is 25.7 Å². The van der Waals surface area contributed by atoms with E-state index < -0.39 is 11.6 Å². The Morgan fingerprint density at radius 1 is 1.09 bits per heavy atom. The quantitative estimate of drug-likeness (QED) is 0.128. The topological polar surface area (TPSA) is 87.0 Å². The molecule has 1 aliphatic heterocycles. The second kappa shape index (κ2) is 16.6. The Balaban J connectivity index is 0.00000216. The van der Waals surface area contributed by atoms with E-state index in [1.54, 1.807) is 18.5 Å². The predicted octanol–water partition coefficient (Wildman–Crippen LogP) is 7.85. The molecule has 1 saturated heterocycles. The van der Waals surface area contributed by atoms with Gasteiger partial charge < -0.3 is 19.7 Å². The third kappa shape index (κ3) is 8.71. The number of rotatable bonds is 11. The zero-order chi connectivity index (χ0) is 31.3. The number of thiazole rings is 1. The van der Waals surface area contributed by atoms with Crippen LogP contribution in [0.25, 0.3) is 11.3 Å². The summed E-state index contributed by atoms with van der Waals surface area (Å²) >= 11 is 2.40. The van der Waals surface area contributed by atoms with Crippen LogP contribution in [0, 0.1) is 18.6 Å². The van der Waals surface area contributed by atoms with E-state index >= 15 is 0 Å². The van der Waals surface area contributed by atoms with Crippen molar-refractivity contribution in [1.29, 1.82) is 0 Å². The zero-order valence-electron chi connectivity index (χ0n) is 24.9. The van der Waals surface area contributed by atoms with Crippen LogP contribution in [0.3, 0.4) is 0 Å². The first-order valence-corrected chi connectivity index (χ1v) is 15.8. The van der Waals surface area contributed by atoms with Crippen LogP contribution < -0.4 is 14.9 Å². The summed E-state index contributed by atoms with van der Waals surface area (Å²) in [5, 5.41) is 4.17. The molecule has 0 radical (unpaired) electrons. The monoisotopic (exact) mass is 635 g/mol. The summed E-state index contributed by atoms with van der Waals surface area (Å²) in [5.41, 5.74) is 3.79. The van der Waals surface area contributed by atoms with E-state index in [9.17, 15) is 8.78 Å². The molecular formula is C32H35F2N7OS2. The molecule has 0 saturated carbocycles. The number of hydrogen-bond donors (Lipinski definition) is 2. The number of hydrogen-bond acceptors (Lipinski definition) is 10. The van der Waals surface area contributed by atoms with Crippen LogP contribution in [0.1, 0.15) is 23.7 Å². The van der Waals surface area contributed by atoms with Gasteiger partial charge in [-0.2, -0.15) is 0 Å². The number of halogens is 2. The molecule has 8 nitrogen and oxygen atoms in total. The summed E-state index contributed by atoms with van der Waals surface area (Å²) in [5.74, 6) is -0.323. The predicted molar refractivity (Wildman–Crippen MR) is 180 cm³/mol. The van der Waals surface area contributed by atoms with Gasteiger partial charge in [-0.25, -0.2) is 18.7 Å². The van der Waals surface area contributed by atoms with E-state index in [1.807, 2.05) is 57.2 Å². The molecule has 12 heteroatoms. The third-order valence-electron chi connectivity index (χ3n) is 6.25.